The maximum atomic E-state index is 11.9. The van der Waals surface area contributed by atoms with E-state index in [0.29, 0.717) is 12.3 Å². The molecule has 7 nitrogen and oxygen atoms in total. The average molecular weight is 345 g/mol. The standard InChI is InChI=1S/C17H31NO6/c1-10(2)7-13(8-14(19)20)9-18-17(22)24-16(12(5)6)23-15(21)11(3)4/h10-13,16H,7-9H2,1-6H3,(H,18,22)(H,19,20)/t13-,16?/m0/s1. The second-order valence-electron chi connectivity index (χ2n) is 7.08. The zero-order chi connectivity index (χ0) is 18.9. The Morgan fingerprint density at radius 2 is 1.58 bits per heavy atom. The second-order valence-corrected chi connectivity index (χ2v) is 7.08. The van der Waals surface area contributed by atoms with Crippen molar-refractivity contribution in [2.24, 2.45) is 23.7 Å². The molecule has 0 aliphatic carbocycles. The molecule has 1 amide bonds. The summed E-state index contributed by atoms with van der Waals surface area (Å²) in [5.74, 6) is -1.70. The van der Waals surface area contributed by atoms with Crippen LogP contribution in [0.5, 0.6) is 0 Å². The topological polar surface area (TPSA) is 102 Å². The van der Waals surface area contributed by atoms with Gasteiger partial charge in [-0.25, -0.2) is 4.79 Å². The molecule has 7 heteroatoms. The lowest BCUT2D eigenvalue weighted by atomic mass is 9.94. The van der Waals surface area contributed by atoms with Gasteiger partial charge in [-0.2, -0.15) is 0 Å². The van der Waals surface area contributed by atoms with Gasteiger partial charge in [0.1, 0.15) is 0 Å². The van der Waals surface area contributed by atoms with Gasteiger partial charge < -0.3 is 19.9 Å². The van der Waals surface area contributed by atoms with E-state index in [1.807, 2.05) is 13.8 Å². The molecule has 2 N–H and O–H groups in total. The van der Waals surface area contributed by atoms with Gasteiger partial charge in [-0.15, -0.1) is 0 Å². The van der Waals surface area contributed by atoms with E-state index in [0.717, 1.165) is 0 Å². The average Bonchev–Trinajstić information content (AvgIpc) is 2.42. The molecule has 1 unspecified atom stereocenters. The number of carbonyl (C=O) groups excluding carboxylic acids is 2. The summed E-state index contributed by atoms with van der Waals surface area (Å²) in [4.78, 5) is 34.4. The van der Waals surface area contributed by atoms with Crippen LogP contribution in [0, 0.1) is 23.7 Å². The number of alkyl carbamates (subject to hydrolysis) is 1. The largest absolute Gasteiger partial charge is 0.481 e. The molecular formula is C17H31NO6. The van der Waals surface area contributed by atoms with Gasteiger partial charge in [0, 0.05) is 18.9 Å². The minimum atomic E-state index is -0.970. The van der Waals surface area contributed by atoms with Crippen molar-refractivity contribution in [2.45, 2.75) is 60.7 Å². The molecule has 0 heterocycles. The van der Waals surface area contributed by atoms with Crippen molar-refractivity contribution in [2.75, 3.05) is 6.54 Å². The maximum Gasteiger partial charge on any atom is 0.410 e. The van der Waals surface area contributed by atoms with Crippen molar-refractivity contribution in [3.63, 3.8) is 0 Å². The summed E-state index contributed by atoms with van der Waals surface area (Å²) in [5, 5.41) is 11.5. The van der Waals surface area contributed by atoms with Crippen LogP contribution in [0.15, 0.2) is 0 Å². The summed E-state index contributed by atoms with van der Waals surface area (Å²) in [6.07, 6.45) is -1.02. The SMILES string of the molecule is CC(C)C[C@H](CNC(=O)OC(OC(=O)C(C)C)C(C)C)CC(=O)O. The molecule has 0 radical (unpaired) electrons. The number of hydrogen-bond donors (Lipinski definition) is 2. The molecule has 0 saturated carbocycles. The van der Waals surface area contributed by atoms with Gasteiger partial charge in [0.25, 0.3) is 6.29 Å². The molecule has 0 aromatic rings. The Morgan fingerprint density at radius 1 is 1.00 bits per heavy atom. The highest BCUT2D eigenvalue weighted by molar-refractivity contribution is 5.72. The Bertz CT molecular complexity index is 419. The van der Waals surface area contributed by atoms with E-state index in [-0.39, 0.29) is 30.7 Å². The van der Waals surface area contributed by atoms with Crippen LogP contribution < -0.4 is 5.32 Å². The fourth-order valence-electron chi connectivity index (χ4n) is 2.07. The van der Waals surface area contributed by atoms with E-state index < -0.39 is 24.3 Å². The van der Waals surface area contributed by atoms with Gasteiger partial charge in [-0.05, 0) is 18.3 Å². The lowest BCUT2D eigenvalue weighted by molar-refractivity contribution is -0.178. The predicted octanol–water partition coefficient (Wildman–Crippen LogP) is 3.03. The van der Waals surface area contributed by atoms with Gasteiger partial charge >= 0.3 is 18.0 Å². The number of carboxylic acid groups (broad SMARTS) is 1. The van der Waals surface area contributed by atoms with E-state index in [2.05, 4.69) is 5.32 Å². The van der Waals surface area contributed by atoms with Crippen molar-refractivity contribution in [3.8, 4) is 0 Å². The van der Waals surface area contributed by atoms with E-state index in [1.54, 1.807) is 27.7 Å². The molecule has 0 aliphatic rings. The summed E-state index contributed by atoms with van der Waals surface area (Å²) < 4.78 is 10.3. The van der Waals surface area contributed by atoms with Gasteiger partial charge in [-0.1, -0.05) is 41.5 Å². The predicted molar refractivity (Wildman–Crippen MR) is 89.2 cm³/mol. The van der Waals surface area contributed by atoms with Crippen molar-refractivity contribution in [3.05, 3.63) is 0 Å². The van der Waals surface area contributed by atoms with Crippen LogP contribution in [0.1, 0.15) is 54.4 Å². The number of hydrogen-bond acceptors (Lipinski definition) is 5. The van der Waals surface area contributed by atoms with E-state index in [9.17, 15) is 14.4 Å². The third kappa shape index (κ3) is 10.1. The first-order valence-corrected chi connectivity index (χ1v) is 8.39. The fourth-order valence-corrected chi connectivity index (χ4v) is 2.07. The summed E-state index contributed by atoms with van der Waals surface area (Å²) in [7, 11) is 0. The van der Waals surface area contributed by atoms with Crippen LogP contribution >= 0.6 is 0 Å². The number of amides is 1. The zero-order valence-electron chi connectivity index (χ0n) is 15.5. The molecule has 0 saturated heterocycles. The van der Waals surface area contributed by atoms with Gasteiger partial charge in [-0.3, -0.25) is 9.59 Å². The smallest absolute Gasteiger partial charge is 0.410 e. The second kappa shape index (κ2) is 10.9. The van der Waals surface area contributed by atoms with E-state index in [4.69, 9.17) is 14.6 Å². The van der Waals surface area contributed by atoms with Crippen molar-refractivity contribution >= 4 is 18.0 Å². The van der Waals surface area contributed by atoms with Crippen molar-refractivity contribution < 1.29 is 29.0 Å². The molecule has 24 heavy (non-hydrogen) atoms. The quantitative estimate of drug-likeness (QED) is 0.466. The van der Waals surface area contributed by atoms with Crippen LogP contribution in [0.2, 0.25) is 0 Å². The Balaban J connectivity index is 4.54. The van der Waals surface area contributed by atoms with Crippen LogP contribution in [0.3, 0.4) is 0 Å². The van der Waals surface area contributed by atoms with Crippen LogP contribution in [-0.2, 0) is 19.1 Å². The first-order chi connectivity index (χ1) is 11.0. The van der Waals surface area contributed by atoms with Crippen molar-refractivity contribution in [1.29, 1.82) is 0 Å². The summed E-state index contributed by atoms with van der Waals surface area (Å²) in [5.41, 5.74) is 0. The molecule has 140 valence electrons. The first kappa shape index (κ1) is 22.2. The molecule has 0 aliphatic heterocycles. The van der Waals surface area contributed by atoms with Crippen LogP contribution in [-0.4, -0.2) is 36.0 Å². The molecule has 2 atom stereocenters. The number of rotatable bonds is 10. The van der Waals surface area contributed by atoms with Crippen LogP contribution in [0.25, 0.3) is 0 Å². The van der Waals surface area contributed by atoms with Gasteiger partial charge in [0.2, 0.25) is 0 Å². The highest BCUT2D eigenvalue weighted by Gasteiger charge is 2.24. The number of esters is 1. The Morgan fingerprint density at radius 3 is 2.00 bits per heavy atom. The van der Waals surface area contributed by atoms with Crippen LogP contribution in [0.4, 0.5) is 4.79 Å². The number of nitrogens with one attached hydrogen (secondary N) is 1. The molecular weight excluding hydrogens is 314 g/mol. The van der Waals surface area contributed by atoms with Gasteiger partial charge in [0.05, 0.1) is 5.92 Å². The lowest BCUT2D eigenvalue weighted by Gasteiger charge is -2.23. The third-order valence-corrected chi connectivity index (χ3v) is 3.27. The molecule has 0 aromatic heterocycles. The Labute approximate surface area is 144 Å². The Hall–Kier alpha value is -1.79. The number of carbonyl (C=O) groups is 3. The zero-order valence-corrected chi connectivity index (χ0v) is 15.5. The summed E-state index contributed by atoms with van der Waals surface area (Å²) in [6.45, 7) is 11.1. The normalized spacial score (nSPS) is 13.7. The first-order valence-electron chi connectivity index (χ1n) is 8.39. The van der Waals surface area contributed by atoms with E-state index >= 15 is 0 Å². The fraction of sp³-hybridized carbons (Fsp3) is 0.824. The van der Waals surface area contributed by atoms with E-state index in [1.165, 1.54) is 0 Å². The third-order valence-electron chi connectivity index (χ3n) is 3.27. The molecule has 0 aromatic carbocycles. The molecule has 0 fully saturated rings. The summed E-state index contributed by atoms with van der Waals surface area (Å²) >= 11 is 0. The maximum absolute atomic E-state index is 11.9. The minimum Gasteiger partial charge on any atom is -0.481 e. The lowest BCUT2D eigenvalue weighted by Crippen LogP contribution is -2.37. The number of carboxylic acids is 1. The highest BCUT2D eigenvalue weighted by Crippen LogP contribution is 2.15. The molecule has 0 spiro atoms. The minimum absolute atomic E-state index is 0.0194. The monoisotopic (exact) mass is 345 g/mol. The van der Waals surface area contributed by atoms with Crippen molar-refractivity contribution in [1.82, 2.24) is 5.32 Å². The number of aliphatic carboxylic acids is 1. The number of ether oxygens (including phenoxy) is 2. The highest BCUT2D eigenvalue weighted by atomic mass is 16.7. The summed E-state index contributed by atoms with van der Waals surface area (Å²) in [6, 6.07) is 0. The van der Waals surface area contributed by atoms with Gasteiger partial charge in [0.15, 0.2) is 0 Å². The molecule has 0 rings (SSSR count). The molecule has 0 bridgehead atoms. The Kier molecular flexibility index (Phi) is 10.1.